The van der Waals surface area contributed by atoms with Crippen molar-refractivity contribution in [2.45, 2.75) is 45.8 Å². The average molecular weight is 238 g/mol. The molecule has 0 bridgehead atoms. The first-order chi connectivity index (χ1) is 7.95. The molecule has 1 aromatic rings. The van der Waals surface area contributed by atoms with Gasteiger partial charge in [0.25, 0.3) is 0 Å². The monoisotopic (exact) mass is 238 g/mol. The number of aromatic nitrogens is 2. The lowest BCUT2D eigenvalue weighted by Crippen LogP contribution is -2.42. The van der Waals surface area contributed by atoms with Crippen LogP contribution in [0.15, 0.2) is 12.4 Å². The summed E-state index contributed by atoms with van der Waals surface area (Å²) in [7, 11) is 0. The molecular formula is C12H22N4O. The fourth-order valence-electron chi connectivity index (χ4n) is 1.20. The van der Waals surface area contributed by atoms with Gasteiger partial charge in [-0.3, -0.25) is 4.98 Å². The fourth-order valence-corrected chi connectivity index (χ4v) is 1.20. The van der Waals surface area contributed by atoms with Crippen LogP contribution >= 0.6 is 0 Å². The Morgan fingerprint density at radius 1 is 1.35 bits per heavy atom. The molecule has 0 spiro atoms. The molecule has 0 amide bonds. The molecular weight excluding hydrogens is 216 g/mol. The number of nitrogens with zero attached hydrogens (tertiary/aromatic N) is 2. The van der Waals surface area contributed by atoms with Gasteiger partial charge in [0.05, 0.1) is 24.0 Å². The van der Waals surface area contributed by atoms with Gasteiger partial charge in [-0.05, 0) is 27.2 Å². The maximum atomic E-state index is 9.63. The molecule has 1 aromatic heterocycles. The third-order valence-corrected chi connectivity index (χ3v) is 2.69. The van der Waals surface area contributed by atoms with E-state index >= 15 is 0 Å². The minimum Gasteiger partial charge on any atom is -0.391 e. The fraction of sp³-hybridized carbons (Fsp3) is 0.667. The van der Waals surface area contributed by atoms with Crippen molar-refractivity contribution in [2.75, 3.05) is 17.2 Å². The second kappa shape index (κ2) is 5.82. The van der Waals surface area contributed by atoms with E-state index in [2.05, 4.69) is 27.5 Å². The largest absolute Gasteiger partial charge is 0.391 e. The Morgan fingerprint density at radius 3 is 2.59 bits per heavy atom. The molecule has 1 heterocycles. The van der Waals surface area contributed by atoms with E-state index in [1.165, 1.54) is 0 Å². The van der Waals surface area contributed by atoms with E-state index in [0.717, 1.165) is 18.8 Å². The molecule has 0 aliphatic rings. The summed E-state index contributed by atoms with van der Waals surface area (Å²) in [5, 5.41) is 16.0. The van der Waals surface area contributed by atoms with Crippen LogP contribution in [-0.2, 0) is 0 Å². The van der Waals surface area contributed by atoms with Crippen LogP contribution in [0.3, 0.4) is 0 Å². The van der Waals surface area contributed by atoms with Gasteiger partial charge in [0.1, 0.15) is 11.6 Å². The molecule has 5 nitrogen and oxygen atoms in total. The van der Waals surface area contributed by atoms with E-state index in [-0.39, 0.29) is 0 Å². The van der Waals surface area contributed by atoms with Gasteiger partial charge in [0.2, 0.25) is 0 Å². The van der Waals surface area contributed by atoms with Gasteiger partial charge in [0.15, 0.2) is 0 Å². The van der Waals surface area contributed by atoms with Crippen LogP contribution in [0.2, 0.25) is 0 Å². The average Bonchev–Trinajstić information content (AvgIpc) is 2.26. The highest BCUT2D eigenvalue weighted by Crippen LogP contribution is 2.17. The lowest BCUT2D eigenvalue weighted by molar-refractivity contribution is 0.133. The highest BCUT2D eigenvalue weighted by atomic mass is 16.3. The van der Waals surface area contributed by atoms with Crippen molar-refractivity contribution in [3.8, 4) is 0 Å². The number of aliphatic hydroxyl groups is 1. The zero-order valence-electron chi connectivity index (χ0n) is 11.0. The Hall–Kier alpha value is -1.36. The summed E-state index contributed by atoms with van der Waals surface area (Å²) in [5.41, 5.74) is -0.432. The third kappa shape index (κ3) is 4.19. The molecule has 0 aliphatic heterocycles. The van der Waals surface area contributed by atoms with Crippen molar-refractivity contribution in [1.82, 2.24) is 9.97 Å². The lowest BCUT2D eigenvalue weighted by atomic mass is 9.99. The SMILES string of the molecule is CCCNc1cncc(NC(C)(C)C(C)O)n1. The summed E-state index contributed by atoms with van der Waals surface area (Å²) in [6, 6.07) is 0. The first-order valence-corrected chi connectivity index (χ1v) is 5.98. The zero-order chi connectivity index (χ0) is 12.9. The number of hydrogen-bond donors (Lipinski definition) is 3. The quantitative estimate of drug-likeness (QED) is 0.706. The molecule has 1 rings (SSSR count). The maximum Gasteiger partial charge on any atom is 0.147 e. The van der Waals surface area contributed by atoms with Crippen molar-refractivity contribution in [1.29, 1.82) is 0 Å². The highest BCUT2D eigenvalue weighted by molar-refractivity contribution is 5.43. The molecule has 17 heavy (non-hydrogen) atoms. The molecule has 1 atom stereocenters. The van der Waals surface area contributed by atoms with Gasteiger partial charge >= 0.3 is 0 Å². The van der Waals surface area contributed by atoms with Crippen molar-refractivity contribution < 1.29 is 5.11 Å². The zero-order valence-corrected chi connectivity index (χ0v) is 11.0. The normalized spacial score (nSPS) is 13.2. The van der Waals surface area contributed by atoms with Crippen LogP contribution in [-0.4, -0.2) is 33.3 Å². The maximum absolute atomic E-state index is 9.63. The predicted molar refractivity (Wildman–Crippen MR) is 70.2 cm³/mol. The van der Waals surface area contributed by atoms with Gasteiger partial charge in [-0.1, -0.05) is 6.92 Å². The molecule has 0 aliphatic carbocycles. The van der Waals surface area contributed by atoms with Crippen molar-refractivity contribution in [2.24, 2.45) is 0 Å². The Morgan fingerprint density at radius 2 is 2.00 bits per heavy atom. The van der Waals surface area contributed by atoms with Gasteiger partial charge in [-0.15, -0.1) is 0 Å². The Labute approximate surface area is 103 Å². The molecule has 0 radical (unpaired) electrons. The molecule has 0 fully saturated rings. The van der Waals surface area contributed by atoms with Crippen molar-refractivity contribution in [3.05, 3.63) is 12.4 Å². The molecule has 0 aromatic carbocycles. The van der Waals surface area contributed by atoms with Crippen LogP contribution in [0, 0.1) is 0 Å². The molecule has 5 heteroatoms. The standard InChI is InChI=1S/C12H22N4O/c1-5-6-14-10-7-13-8-11(15-10)16-12(3,4)9(2)17/h7-9,17H,5-6H2,1-4H3,(H2,14,15,16). The van der Waals surface area contributed by atoms with E-state index in [9.17, 15) is 5.11 Å². The summed E-state index contributed by atoms with van der Waals surface area (Å²) in [4.78, 5) is 8.49. The highest BCUT2D eigenvalue weighted by Gasteiger charge is 2.24. The van der Waals surface area contributed by atoms with Crippen LogP contribution in [0.5, 0.6) is 0 Å². The molecule has 0 saturated heterocycles. The second-order valence-corrected chi connectivity index (χ2v) is 4.74. The number of rotatable bonds is 6. The summed E-state index contributed by atoms with van der Waals surface area (Å²) in [6.45, 7) is 8.56. The first kappa shape index (κ1) is 13.7. The van der Waals surface area contributed by atoms with Crippen LogP contribution in [0.4, 0.5) is 11.6 Å². The van der Waals surface area contributed by atoms with Gasteiger partial charge < -0.3 is 15.7 Å². The summed E-state index contributed by atoms with van der Waals surface area (Å²) >= 11 is 0. The van der Waals surface area contributed by atoms with Crippen molar-refractivity contribution >= 4 is 11.6 Å². The summed E-state index contributed by atoms with van der Waals surface area (Å²) in [5.74, 6) is 1.41. The Bertz CT molecular complexity index is 352. The number of anilines is 2. The topological polar surface area (TPSA) is 70.1 Å². The van der Waals surface area contributed by atoms with Gasteiger partial charge in [-0.25, -0.2) is 4.98 Å². The summed E-state index contributed by atoms with van der Waals surface area (Å²) < 4.78 is 0. The first-order valence-electron chi connectivity index (χ1n) is 5.98. The van der Waals surface area contributed by atoms with Crippen LogP contribution < -0.4 is 10.6 Å². The van der Waals surface area contributed by atoms with Crippen molar-refractivity contribution in [3.63, 3.8) is 0 Å². The second-order valence-electron chi connectivity index (χ2n) is 4.74. The predicted octanol–water partition coefficient (Wildman–Crippen LogP) is 1.87. The lowest BCUT2D eigenvalue weighted by Gasteiger charge is -2.29. The van der Waals surface area contributed by atoms with E-state index < -0.39 is 11.6 Å². The smallest absolute Gasteiger partial charge is 0.147 e. The molecule has 3 N–H and O–H groups in total. The molecule has 96 valence electrons. The number of hydrogen-bond acceptors (Lipinski definition) is 5. The molecule has 1 unspecified atom stereocenters. The van der Waals surface area contributed by atoms with Gasteiger partial charge in [-0.2, -0.15) is 0 Å². The number of aliphatic hydroxyl groups excluding tert-OH is 1. The van der Waals surface area contributed by atoms with E-state index in [1.807, 2.05) is 13.8 Å². The van der Waals surface area contributed by atoms with Crippen LogP contribution in [0.25, 0.3) is 0 Å². The Balaban J connectivity index is 2.71. The minimum absolute atomic E-state index is 0.432. The summed E-state index contributed by atoms with van der Waals surface area (Å²) in [6.07, 6.45) is 3.91. The van der Waals surface area contributed by atoms with E-state index in [1.54, 1.807) is 19.3 Å². The van der Waals surface area contributed by atoms with E-state index in [4.69, 9.17) is 0 Å². The molecule has 0 saturated carbocycles. The van der Waals surface area contributed by atoms with E-state index in [0.29, 0.717) is 5.82 Å². The Kier molecular flexibility index (Phi) is 4.69. The van der Waals surface area contributed by atoms with Gasteiger partial charge in [0, 0.05) is 6.54 Å². The third-order valence-electron chi connectivity index (χ3n) is 2.69. The minimum atomic E-state index is -0.475. The van der Waals surface area contributed by atoms with Crippen LogP contribution in [0.1, 0.15) is 34.1 Å². The number of nitrogens with one attached hydrogen (secondary N) is 2.